The molecule has 0 radical (unpaired) electrons. The smallest absolute Gasteiger partial charge is 0.193 e. The molecule has 4 nitrogen and oxygen atoms in total. The van der Waals surface area contributed by atoms with E-state index in [-0.39, 0.29) is 0 Å². The number of anilines is 1. The summed E-state index contributed by atoms with van der Waals surface area (Å²) in [5, 5.41) is 0.727. The number of nitrogens with two attached hydrogens (primary N) is 1. The largest absolute Gasteiger partial charge is 0.490 e. The van der Waals surface area contributed by atoms with Crippen LogP contribution in [0.2, 0.25) is 0 Å². The van der Waals surface area contributed by atoms with Gasteiger partial charge >= 0.3 is 0 Å². The Balaban J connectivity index is 2.33. The molecule has 1 aromatic carbocycles. The maximum atomic E-state index is 5.73. The van der Waals surface area contributed by atoms with Gasteiger partial charge in [0.05, 0.1) is 7.11 Å². The molecular weight excluding hydrogens is 234 g/mol. The quantitative estimate of drug-likeness (QED) is 0.844. The predicted octanol–water partition coefficient (Wildman–Crippen LogP) is 2.53. The van der Waals surface area contributed by atoms with Crippen molar-refractivity contribution in [2.24, 2.45) is 0 Å². The van der Waals surface area contributed by atoms with Crippen molar-refractivity contribution in [2.75, 3.05) is 12.8 Å². The molecule has 0 fully saturated rings. The van der Waals surface area contributed by atoms with Gasteiger partial charge in [-0.3, -0.25) is 0 Å². The number of nitrogen functional groups attached to an aromatic ring is 1. The number of hydrogen-bond acceptors (Lipinski definition) is 5. The molecule has 0 amide bonds. The fraction of sp³-hybridized carbons (Fsp3) is 0.167. The summed E-state index contributed by atoms with van der Waals surface area (Å²) in [4.78, 5) is 9.18. The maximum Gasteiger partial charge on any atom is 0.193 e. The van der Waals surface area contributed by atoms with Crippen molar-refractivity contribution in [1.29, 1.82) is 0 Å². The highest BCUT2D eigenvalue weighted by molar-refractivity contribution is 7.99. The predicted molar refractivity (Wildman–Crippen MR) is 68.3 cm³/mol. The van der Waals surface area contributed by atoms with Crippen molar-refractivity contribution in [3.63, 3.8) is 0 Å². The molecule has 1 aromatic heterocycles. The number of aryl methyl sites for hydroxylation is 1. The summed E-state index contributed by atoms with van der Waals surface area (Å²) in [5.74, 6) is 0.886. The van der Waals surface area contributed by atoms with Gasteiger partial charge in [0.2, 0.25) is 0 Å². The van der Waals surface area contributed by atoms with E-state index in [4.69, 9.17) is 10.5 Å². The summed E-state index contributed by atoms with van der Waals surface area (Å²) in [5.41, 5.74) is 6.93. The Hall–Kier alpha value is -1.75. The van der Waals surface area contributed by atoms with Crippen molar-refractivity contribution in [3.05, 3.63) is 36.2 Å². The van der Waals surface area contributed by atoms with Crippen LogP contribution < -0.4 is 10.5 Å². The molecular formula is C12H13N3OS. The lowest BCUT2D eigenvalue weighted by molar-refractivity contribution is 0.401. The zero-order valence-corrected chi connectivity index (χ0v) is 10.5. The van der Waals surface area contributed by atoms with Gasteiger partial charge in [0.15, 0.2) is 11.6 Å². The Morgan fingerprint density at radius 3 is 2.82 bits per heavy atom. The van der Waals surface area contributed by atoms with E-state index in [0.717, 1.165) is 9.92 Å². The Labute approximate surface area is 104 Å². The average Bonchev–Trinajstić information content (AvgIpc) is 2.29. The zero-order chi connectivity index (χ0) is 12.3. The second-order valence-corrected chi connectivity index (χ2v) is 4.58. The van der Waals surface area contributed by atoms with Crippen molar-refractivity contribution in [2.45, 2.75) is 16.8 Å². The Morgan fingerprint density at radius 2 is 2.12 bits per heavy atom. The second-order valence-electron chi connectivity index (χ2n) is 3.52. The van der Waals surface area contributed by atoms with Crippen LogP contribution >= 0.6 is 11.8 Å². The molecule has 1 heterocycles. The van der Waals surface area contributed by atoms with Crippen LogP contribution in [0.5, 0.6) is 5.75 Å². The molecule has 0 bridgehead atoms. The van der Waals surface area contributed by atoms with Crippen LogP contribution in [-0.4, -0.2) is 17.1 Å². The second kappa shape index (κ2) is 5.05. The normalized spacial score (nSPS) is 10.2. The molecule has 0 unspecified atom stereocenters. The highest BCUT2D eigenvalue weighted by Gasteiger charge is 2.10. The molecule has 17 heavy (non-hydrogen) atoms. The Morgan fingerprint density at radius 1 is 1.29 bits per heavy atom. The monoisotopic (exact) mass is 247 g/mol. The van der Waals surface area contributed by atoms with Crippen LogP contribution in [0.3, 0.4) is 0 Å². The highest BCUT2D eigenvalue weighted by Crippen LogP contribution is 2.35. The van der Waals surface area contributed by atoms with Crippen molar-refractivity contribution in [1.82, 2.24) is 9.97 Å². The molecule has 0 aliphatic heterocycles. The number of hydrogen-bond donors (Lipinski definition) is 1. The third kappa shape index (κ3) is 2.68. The summed E-state index contributed by atoms with van der Waals surface area (Å²) in [6.07, 6.45) is 1.44. The van der Waals surface area contributed by atoms with Crippen molar-refractivity contribution < 1.29 is 4.74 Å². The van der Waals surface area contributed by atoms with Gasteiger partial charge in [0, 0.05) is 4.90 Å². The van der Waals surface area contributed by atoms with Crippen LogP contribution in [0.1, 0.15) is 5.56 Å². The summed E-state index contributed by atoms with van der Waals surface area (Å²) >= 11 is 1.51. The van der Waals surface area contributed by atoms with E-state index in [0.29, 0.717) is 11.6 Å². The molecule has 2 N–H and O–H groups in total. The van der Waals surface area contributed by atoms with Gasteiger partial charge in [-0.2, -0.15) is 0 Å². The third-order valence-electron chi connectivity index (χ3n) is 2.21. The van der Waals surface area contributed by atoms with E-state index in [9.17, 15) is 0 Å². The van der Waals surface area contributed by atoms with E-state index in [2.05, 4.69) is 29.0 Å². The molecule has 0 saturated carbocycles. The number of benzene rings is 1. The fourth-order valence-corrected chi connectivity index (χ4v) is 2.42. The maximum absolute atomic E-state index is 5.73. The Kier molecular flexibility index (Phi) is 3.49. The van der Waals surface area contributed by atoms with E-state index >= 15 is 0 Å². The summed E-state index contributed by atoms with van der Waals surface area (Å²) in [7, 11) is 1.56. The molecule has 0 saturated heterocycles. The first-order valence-corrected chi connectivity index (χ1v) is 5.91. The lowest BCUT2D eigenvalue weighted by atomic mass is 10.2. The first-order valence-electron chi connectivity index (χ1n) is 5.09. The zero-order valence-electron chi connectivity index (χ0n) is 9.68. The topological polar surface area (TPSA) is 61.0 Å². The minimum Gasteiger partial charge on any atom is -0.490 e. The van der Waals surface area contributed by atoms with Crippen LogP contribution in [0.4, 0.5) is 5.82 Å². The van der Waals surface area contributed by atoms with Gasteiger partial charge in [0.25, 0.3) is 0 Å². The number of nitrogens with zero attached hydrogens (tertiary/aromatic N) is 2. The summed E-state index contributed by atoms with van der Waals surface area (Å²) in [6, 6.07) is 8.17. The summed E-state index contributed by atoms with van der Waals surface area (Å²) in [6.45, 7) is 2.05. The van der Waals surface area contributed by atoms with E-state index in [1.807, 2.05) is 12.1 Å². The number of ether oxygens (including phenoxy) is 1. The van der Waals surface area contributed by atoms with E-state index in [1.54, 1.807) is 7.11 Å². The summed E-state index contributed by atoms with van der Waals surface area (Å²) < 4.78 is 5.21. The minimum absolute atomic E-state index is 0.359. The average molecular weight is 247 g/mol. The molecule has 0 aliphatic carbocycles. The van der Waals surface area contributed by atoms with E-state index < -0.39 is 0 Å². The van der Waals surface area contributed by atoms with Crippen LogP contribution in [-0.2, 0) is 0 Å². The van der Waals surface area contributed by atoms with Gasteiger partial charge in [-0.15, -0.1) is 0 Å². The number of aromatic nitrogens is 2. The highest BCUT2D eigenvalue weighted by atomic mass is 32.2. The number of rotatable bonds is 3. The third-order valence-corrected chi connectivity index (χ3v) is 3.18. The standard InChI is InChI=1S/C12H13N3OS/c1-8-4-3-5-9(6-8)17-12-10(16-2)11(13)14-7-15-12/h3-7H,1-2H3,(H2,13,14,15). The molecule has 2 rings (SSSR count). The lowest BCUT2D eigenvalue weighted by Gasteiger charge is -2.08. The van der Waals surface area contributed by atoms with Gasteiger partial charge in [-0.25, -0.2) is 9.97 Å². The first kappa shape index (κ1) is 11.7. The van der Waals surface area contributed by atoms with E-state index in [1.165, 1.54) is 23.7 Å². The minimum atomic E-state index is 0.359. The fourth-order valence-electron chi connectivity index (χ4n) is 1.43. The van der Waals surface area contributed by atoms with Crippen LogP contribution in [0.15, 0.2) is 40.5 Å². The van der Waals surface area contributed by atoms with Crippen LogP contribution in [0.25, 0.3) is 0 Å². The molecule has 0 aliphatic rings. The van der Waals surface area contributed by atoms with Gasteiger partial charge in [0.1, 0.15) is 11.4 Å². The Bertz CT molecular complexity index is 531. The number of methoxy groups -OCH3 is 1. The molecule has 0 atom stereocenters. The van der Waals surface area contributed by atoms with Crippen molar-refractivity contribution >= 4 is 17.6 Å². The van der Waals surface area contributed by atoms with Crippen LogP contribution in [0, 0.1) is 6.92 Å². The first-order chi connectivity index (χ1) is 8.20. The molecule has 88 valence electrons. The molecule has 5 heteroatoms. The van der Waals surface area contributed by atoms with Crippen molar-refractivity contribution in [3.8, 4) is 5.75 Å². The van der Waals surface area contributed by atoms with Gasteiger partial charge in [-0.1, -0.05) is 29.5 Å². The molecule has 0 spiro atoms. The van der Waals surface area contributed by atoms with Gasteiger partial charge < -0.3 is 10.5 Å². The van der Waals surface area contributed by atoms with Gasteiger partial charge in [-0.05, 0) is 19.1 Å². The SMILES string of the molecule is COc1c(N)ncnc1Sc1cccc(C)c1. The molecule has 2 aromatic rings. The lowest BCUT2D eigenvalue weighted by Crippen LogP contribution is -1.98.